The predicted octanol–water partition coefficient (Wildman–Crippen LogP) is 14.9. The van der Waals surface area contributed by atoms with Crippen LogP contribution in [-0.4, -0.2) is 73.4 Å². The Labute approximate surface area is 373 Å². The third-order valence-electron chi connectivity index (χ3n) is 11.7. The number of rotatable bonds is 47. The van der Waals surface area contributed by atoms with Crippen LogP contribution in [0.4, 0.5) is 0 Å². The first-order chi connectivity index (χ1) is 29.0. The lowest BCUT2D eigenvalue weighted by molar-refractivity contribution is -0.870. The Kier molecular flexibility index (Phi) is 42.5. The van der Waals surface area contributed by atoms with Crippen LogP contribution in [0.3, 0.4) is 0 Å². The largest absolute Gasteiger partial charge is 0.472 e. The van der Waals surface area contributed by atoms with Crippen molar-refractivity contribution >= 4 is 13.7 Å². The van der Waals surface area contributed by atoms with Crippen molar-refractivity contribution < 1.29 is 32.9 Å². The maximum atomic E-state index is 12.8. The molecule has 0 aliphatic rings. The molecular formula is C51H102N2O6P+. The number of nitrogens with zero attached hydrogens (tertiary/aromatic N) is 1. The zero-order chi connectivity index (χ0) is 44.3. The van der Waals surface area contributed by atoms with E-state index in [1.165, 1.54) is 186 Å². The van der Waals surface area contributed by atoms with Crippen LogP contribution in [0.15, 0.2) is 24.3 Å². The third-order valence-corrected chi connectivity index (χ3v) is 12.7. The highest BCUT2D eigenvalue weighted by atomic mass is 31.2. The van der Waals surface area contributed by atoms with Crippen LogP contribution >= 0.6 is 7.82 Å². The van der Waals surface area contributed by atoms with E-state index in [2.05, 4.69) is 31.3 Å². The van der Waals surface area contributed by atoms with Gasteiger partial charge in [0.2, 0.25) is 5.91 Å². The van der Waals surface area contributed by atoms with Gasteiger partial charge in [-0.05, 0) is 32.1 Å². The van der Waals surface area contributed by atoms with E-state index in [4.69, 9.17) is 9.05 Å². The molecule has 0 spiro atoms. The van der Waals surface area contributed by atoms with Gasteiger partial charge in [0.25, 0.3) is 0 Å². The predicted molar refractivity (Wildman–Crippen MR) is 258 cm³/mol. The van der Waals surface area contributed by atoms with Crippen molar-refractivity contribution in [2.75, 3.05) is 40.9 Å². The fraction of sp³-hybridized carbons (Fsp3) is 0.902. The number of carbonyl (C=O) groups is 1. The van der Waals surface area contributed by atoms with Crippen LogP contribution in [0.25, 0.3) is 0 Å². The molecule has 0 radical (unpaired) electrons. The number of aliphatic hydroxyl groups excluding tert-OH is 1. The molecule has 0 aliphatic carbocycles. The smallest absolute Gasteiger partial charge is 0.387 e. The number of nitrogens with one attached hydrogen (secondary N) is 1. The molecule has 3 N–H and O–H groups in total. The van der Waals surface area contributed by atoms with Gasteiger partial charge in [0.1, 0.15) is 13.2 Å². The van der Waals surface area contributed by atoms with Crippen LogP contribution in [-0.2, 0) is 18.4 Å². The molecule has 0 saturated heterocycles. The highest BCUT2D eigenvalue weighted by molar-refractivity contribution is 7.47. The van der Waals surface area contributed by atoms with Gasteiger partial charge in [-0.15, -0.1) is 0 Å². The quantitative estimate of drug-likeness (QED) is 0.0243. The Bertz CT molecular complexity index is 1030. The minimum absolute atomic E-state index is 0.0581. The number of likely N-dealkylation sites (N-methyl/N-ethyl adjacent to an activating group) is 1. The second-order valence-electron chi connectivity index (χ2n) is 18.9. The standard InChI is InChI=1S/C51H101N2O6P/c1-6-8-10-12-14-16-17-18-19-20-21-22-23-24-25-26-27-28-29-30-31-32-33-34-35-37-38-40-42-44-50(54)49(48-59-60(56,57)58-47-46-53(3,4)5)52-51(55)45-43-41-39-36-15-13-11-9-7-2/h35,37,42,44,49-50,54H,6-34,36,38-41,43,45-48H2,1-5H3,(H-,52,55,56,57)/p+1/b37-35+,44-42+. The topological polar surface area (TPSA) is 105 Å². The molecule has 0 saturated carbocycles. The lowest BCUT2D eigenvalue weighted by Gasteiger charge is -2.25. The number of amides is 1. The molecule has 8 nitrogen and oxygen atoms in total. The molecule has 0 aromatic heterocycles. The minimum Gasteiger partial charge on any atom is -0.387 e. The summed E-state index contributed by atoms with van der Waals surface area (Å²) in [5.74, 6) is -0.189. The first kappa shape index (κ1) is 59.0. The minimum atomic E-state index is -4.34. The number of allylic oxidation sites excluding steroid dienone is 3. The molecule has 0 aromatic carbocycles. The average molecular weight is 870 g/mol. The normalized spacial score (nSPS) is 14.3. The van der Waals surface area contributed by atoms with E-state index >= 15 is 0 Å². The summed E-state index contributed by atoms with van der Waals surface area (Å²) in [6.45, 7) is 4.79. The molecule has 0 rings (SSSR count). The number of unbranched alkanes of at least 4 members (excludes halogenated alkanes) is 32. The first-order valence-electron chi connectivity index (χ1n) is 25.7. The van der Waals surface area contributed by atoms with Gasteiger partial charge in [-0.25, -0.2) is 4.57 Å². The first-order valence-corrected chi connectivity index (χ1v) is 27.2. The second-order valence-corrected chi connectivity index (χ2v) is 20.4. The Morgan fingerprint density at radius 1 is 0.550 bits per heavy atom. The Hall–Kier alpha value is -1.02. The number of aliphatic hydroxyl groups is 1. The van der Waals surface area contributed by atoms with E-state index in [9.17, 15) is 19.4 Å². The molecule has 60 heavy (non-hydrogen) atoms. The fourth-order valence-corrected chi connectivity index (χ4v) is 8.32. The average Bonchev–Trinajstić information content (AvgIpc) is 3.20. The van der Waals surface area contributed by atoms with E-state index in [0.717, 1.165) is 38.5 Å². The van der Waals surface area contributed by atoms with E-state index in [1.54, 1.807) is 6.08 Å². The number of carbonyl (C=O) groups excluding carboxylic acids is 1. The molecule has 0 aromatic rings. The van der Waals surface area contributed by atoms with Crippen molar-refractivity contribution in [3.8, 4) is 0 Å². The fourth-order valence-electron chi connectivity index (χ4n) is 7.59. The van der Waals surface area contributed by atoms with E-state index in [0.29, 0.717) is 17.4 Å². The van der Waals surface area contributed by atoms with E-state index in [-0.39, 0.29) is 19.1 Å². The van der Waals surface area contributed by atoms with Crippen molar-refractivity contribution in [2.24, 2.45) is 0 Å². The summed E-state index contributed by atoms with van der Waals surface area (Å²) in [5.41, 5.74) is 0. The number of hydrogen-bond acceptors (Lipinski definition) is 5. The molecule has 0 aliphatic heterocycles. The lowest BCUT2D eigenvalue weighted by atomic mass is 10.0. The molecular weight excluding hydrogens is 768 g/mol. The van der Waals surface area contributed by atoms with Gasteiger partial charge in [0.05, 0.1) is 39.9 Å². The van der Waals surface area contributed by atoms with Crippen LogP contribution in [0.2, 0.25) is 0 Å². The van der Waals surface area contributed by atoms with Crippen molar-refractivity contribution in [1.29, 1.82) is 0 Å². The second kappa shape index (κ2) is 43.2. The third kappa shape index (κ3) is 45.0. The van der Waals surface area contributed by atoms with Crippen molar-refractivity contribution in [1.82, 2.24) is 5.32 Å². The van der Waals surface area contributed by atoms with Gasteiger partial charge in [0.15, 0.2) is 0 Å². The Morgan fingerprint density at radius 3 is 1.33 bits per heavy atom. The lowest BCUT2D eigenvalue weighted by Crippen LogP contribution is -2.45. The van der Waals surface area contributed by atoms with Gasteiger partial charge in [-0.1, -0.05) is 231 Å². The number of phosphoric ester groups is 1. The molecule has 9 heteroatoms. The summed E-state index contributed by atoms with van der Waals surface area (Å²) >= 11 is 0. The van der Waals surface area contributed by atoms with Crippen LogP contribution in [0, 0.1) is 0 Å². The van der Waals surface area contributed by atoms with Gasteiger partial charge in [0, 0.05) is 6.42 Å². The molecule has 0 bridgehead atoms. The van der Waals surface area contributed by atoms with Gasteiger partial charge in [-0.2, -0.15) is 0 Å². The SMILES string of the molecule is CCCCCCCCCCCCCCCCCCCCCCCCC/C=C/CC/C=C/C(O)C(COP(=O)(O)OCC[N+](C)(C)C)NC(=O)CCCCCCCCCCC. The number of phosphoric acid groups is 1. The molecule has 3 atom stereocenters. The Balaban J connectivity index is 4.11. The molecule has 3 unspecified atom stereocenters. The molecule has 0 fully saturated rings. The summed E-state index contributed by atoms with van der Waals surface area (Å²) in [6, 6.07) is -0.857. The maximum Gasteiger partial charge on any atom is 0.472 e. The van der Waals surface area contributed by atoms with Crippen LogP contribution < -0.4 is 5.32 Å². The monoisotopic (exact) mass is 870 g/mol. The maximum absolute atomic E-state index is 12.8. The van der Waals surface area contributed by atoms with Crippen LogP contribution in [0.1, 0.15) is 245 Å². The van der Waals surface area contributed by atoms with Gasteiger partial charge in [-0.3, -0.25) is 13.8 Å². The highest BCUT2D eigenvalue weighted by Crippen LogP contribution is 2.43. The zero-order valence-corrected chi connectivity index (χ0v) is 41.4. The van der Waals surface area contributed by atoms with Gasteiger partial charge >= 0.3 is 7.82 Å². The molecule has 0 heterocycles. The van der Waals surface area contributed by atoms with Crippen LogP contribution in [0.5, 0.6) is 0 Å². The number of quaternary nitrogens is 1. The molecule has 1 amide bonds. The summed E-state index contributed by atoms with van der Waals surface area (Å²) in [6.07, 6.45) is 53.0. The van der Waals surface area contributed by atoms with Crippen molar-refractivity contribution in [3.63, 3.8) is 0 Å². The van der Waals surface area contributed by atoms with E-state index in [1.807, 2.05) is 27.2 Å². The molecule has 356 valence electrons. The zero-order valence-electron chi connectivity index (χ0n) is 40.5. The Morgan fingerprint density at radius 2 is 0.917 bits per heavy atom. The van der Waals surface area contributed by atoms with Crippen molar-refractivity contribution in [2.45, 2.75) is 257 Å². The van der Waals surface area contributed by atoms with E-state index < -0.39 is 20.0 Å². The number of hydrogen-bond donors (Lipinski definition) is 3. The van der Waals surface area contributed by atoms with Gasteiger partial charge < -0.3 is 19.8 Å². The summed E-state index contributed by atoms with van der Waals surface area (Å²) in [4.78, 5) is 23.0. The van der Waals surface area contributed by atoms with Crippen molar-refractivity contribution in [3.05, 3.63) is 24.3 Å². The highest BCUT2D eigenvalue weighted by Gasteiger charge is 2.27. The summed E-state index contributed by atoms with van der Waals surface area (Å²) < 4.78 is 23.5. The summed E-state index contributed by atoms with van der Waals surface area (Å²) in [7, 11) is 1.56. The summed E-state index contributed by atoms with van der Waals surface area (Å²) in [5, 5.41) is 13.8.